The van der Waals surface area contributed by atoms with Crippen molar-refractivity contribution in [3.63, 3.8) is 0 Å². The molecular formula is C8H9Cl2NO. The molecule has 0 aromatic carbocycles. The fourth-order valence-electron chi connectivity index (χ4n) is 1.01. The molecule has 4 heteroatoms. The average molecular weight is 206 g/mol. The highest BCUT2D eigenvalue weighted by Gasteiger charge is 2.06. The van der Waals surface area contributed by atoms with Gasteiger partial charge in [0, 0.05) is 18.2 Å². The van der Waals surface area contributed by atoms with Crippen molar-refractivity contribution >= 4 is 23.2 Å². The molecule has 0 aliphatic rings. The molecule has 1 rings (SSSR count). The highest BCUT2D eigenvalue weighted by Crippen LogP contribution is 2.19. The van der Waals surface area contributed by atoms with Crippen molar-refractivity contribution in [3.05, 3.63) is 32.7 Å². The van der Waals surface area contributed by atoms with Crippen LogP contribution in [-0.2, 0) is 0 Å². The fourth-order valence-corrected chi connectivity index (χ4v) is 1.84. The monoisotopic (exact) mass is 205 g/mol. The summed E-state index contributed by atoms with van der Waals surface area (Å²) in [5.74, 6) is 0. The SMILES string of the molecule is CC(C)n1c(Cl)cc(=O)cc1Cl. The minimum atomic E-state index is -0.165. The summed E-state index contributed by atoms with van der Waals surface area (Å²) in [5.41, 5.74) is -0.165. The molecule has 12 heavy (non-hydrogen) atoms. The molecule has 0 aliphatic heterocycles. The summed E-state index contributed by atoms with van der Waals surface area (Å²) in [7, 11) is 0. The maximum Gasteiger partial charge on any atom is 0.184 e. The summed E-state index contributed by atoms with van der Waals surface area (Å²) in [6.07, 6.45) is 0. The van der Waals surface area contributed by atoms with Crippen LogP contribution in [0.4, 0.5) is 0 Å². The number of hydrogen-bond donors (Lipinski definition) is 0. The summed E-state index contributed by atoms with van der Waals surface area (Å²) in [5, 5.41) is 0.755. The first kappa shape index (κ1) is 9.62. The summed E-state index contributed by atoms with van der Waals surface area (Å²) in [4.78, 5) is 10.9. The third kappa shape index (κ3) is 1.82. The maximum atomic E-state index is 10.9. The van der Waals surface area contributed by atoms with Crippen LogP contribution in [-0.4, -0.2) is 4.57 Å². The van der Waals surface area contributed by atoms with Crippen LogP contribution < -0.4 is 5.43 Å². The molecule has 0 bridgehead atoms. The first-order valence-electron chi connectivity index (χ1n) is 3.60. The molecule has 0 spiro atoms. The summed E-state index contributed by atoms with van der Waals surface area (Å²) in [6.45, 7) is 3.89. The van der Waals surface area contributed by atoms with Gasteiger partial charge in [-0.25, -0.2) is 0 Å². The second-order valence-electron chi connectivity index (χ2n) is 2.80. The molecule has 0 fully saturated rings. The van der Waals surface area contributed by atoms with Crippen LogP contribution >= 0.6 is 23.2 Å². The molecule has 0 amide bonds. The third-order valence-corrected chi connectivity index (χ3v) is 2.08. The van der Waals surface area contributed by atoms with E-state index in [4.69, 9.17) is 23.2 Å². The lowest BCUT2D eigenvalue weighted by Gasteiger charge is -2.14. The van der Waals surface area contributed by atoms with Gasteiger partial charge >= 0.3 is 0 Å². The lowest BCUT2D eigenvalue weighted by atomic mass is 10.3. The van der Waals surface area contributed by atoms with E-state index in [1.54, 1.807) is 4.57 Å². The third-order valence-electron chi connectivity index (χ3n) is 1.50. The predicted octanol–water partition coefficient (Wildman–Crippen LogP) is 2.74. The van der Waals surface area contributed by atoms with E-state index in [0.717, 1.165) is 0 Å². The number of halogens is 2. The second kappa shape index (κ2) is 3.50. The average Bonchev–Trinajstić information content (AvgIpc) is 1.82. The van der Waals surface area contributed by atoms with Crippen molar-refractivity contribution in [3.8, 4) is 0 Å². The van der Waals surface area contributed by atoms with E-state index in [1.807, 2.05) is 13.8 Å². The predicted molar refractivity (Wildman–Crippen MR) is 51.1 cm³/mol. The van der Waals surface area contributed by atoms with Gasteiger partial charge in [-0.2, -0.15) is 0 Å². The van der Waals surface area contributed by atoms with Gasteiger partial charge in [-0.1, -0.05) is 23.2 Å². The van der Waals surface area contributed by atoms with Gasteiger partial charge in [-0.15, -0.1) is 0 Å². The van der Waals surface area contributed by atoms with Crippen molar-refractivity contribution < 1.29 is 0 Å². The minimum absolute atomic E-state index is 0.158. The fraction of sp³-hybridized carbons (Fsp3) is 0.375. The van der Waals surface area contributed by atoms with Crippen LogP contribution in [0.25, 0.3) is 0 Å². The van der Waals surface area contributed by atoms with Crippen LogP contribution in [0.2, 0.25) is 10.3 Å². The van der Waals surface area contributed by atoms with Gasteiger partial charge in [-0.05, 0) is 13.8 Å². The molecule has 0 unspecified atom stereocenters. The highest BCUT2D eigenvalue weighted by atomic mass is 35.5. The second-order valence-corrected chi connectivity index (χ2v) is 3.57. The van der Waals surface area contributed by atoms with E-state index in [9.17, 15) is 4.79 Å². The Morgan fingerprint density at radius 3 is 2.00 bits per heavy atom. The van der Waals surface area contributed by atoms with E-state index < -0.39 is 0 Å². The maximum absolute atomic E-state index is 10.9. The Bertz CT molecular complexity index is 317. The van der Waals surface area contributed by atoms with Crippen molar-refractivity contribution in [1.82, 2.24) is 4.57 Å². The van der Waals surface area contributed by atoms with E-state index >= 15 is 0 Å². The Labute approximate surface area is 80.7 Å². The van der Waals surface area contributed by atoms with Gasteiger partial charge in [0.05, 0.1) is 0 Å². The number of nitrogens with zero attached hydrogens (tertiary/aromatic N) is 1. The molecule has 0 N–H and O–H groups in total. The van der Waals surface area contributed by atoms with Crippen LogP contribution in [0.5, 0.6) is 0 Å². The summed E-state index contributed by atoms with van der Waals surface area (Å²) < 4.78 is 1.69. The van der Waals surface area contributed by atoms with E-state index in [2.05, 4.69) is 0 Å². The molecule has 0 atom stereocenters. The van der Waals surface area contributed by atoms with Gasteiger partial charge < -0.3 is 4.57 Å². The van der Waals surface area contributed by atoms with Gasteiger partial charge in [0.15, 0.2) is 5.43 Å². The smallest absolute Gasteiger partial charge is 0.184 e. The molecule has 66 valence electrons. The van der Waals surface area contributed by atoms with Crippen LogP contribution in [0.1, 0.15) is 19.9 Å². The van der Waals surface area contributed by atoms with Crippen molar-refractivity contribution in [1.29, 1.82) is 0 Å². The van der Waals surface area contributed by atoms with Crippen molar-refractivity contribution in [2.24, 2.45) is 0 Å². The molecular weight excluding hydrogens is 197 g/mol. The van der Waals surface area contributed by atoms with Gasteiger partial charge in [-0.3, -0.25) is 4.79 Å². The standard InChI is InChI=1S/C8H9Cl2NO/c1-5(2)11-7(9)3-6(12)4-8(11)10/h3-5H,1-2H3. The Morgan fingerprint density at radius 2 is 1.67 bits per heavy atom. The van der Waals surface area contributed by atoms with E-state index in [-0.39, 0.29) is 11.5 Å². The molecule has 0 saturated carbocycles. The van der Waals surface area contributed by atoms with E-state index in [1.165, 1.54) is 12.1 Å². The summed E-state index contributed by atoms with van der Waals surface area (Å²) in [6, 6.07) is 2.87. The first-order chi connectivity index (χ1) is 5.52. The van der Waals surface area contributed by atoms with Crippen molar-refractivity contribution in [2.75, 3.05) is 0 Å². The number of aromatic nitrogens is 1. The Kier molecular flexibility index (Phi) is 2.80. The van der Waals surface area contributed by atoms with Gasteiger partial charge in [0.1, 0.15) is 10.3 Å². The highest BCUT2D eigenvalue weighted by molar-refractivity contribution is 6.32. The topological polar surface area (TPSA) is 22.0 Å². The molecule has 1 aromatic rings. The molecule has 2 nitrogen and oxygen atoms in total. The molecule has 0 aliphatic carbocycles. The summed E-state index contributed by atoms with van der Waals surface area (Å²) >= 11 is 11.6. The first-order valence-corrected chi connectivity index (χ1v) is 4.35. The molecule has 1 heterocycles. The number of hydrogen-bond acceptors (Lipinski definition) is 1. The zero-order chi connectivity index (χ0) is 9.30. The van der Waals surface area contributed by atoms with Crippen LogP contribution in [0.3, 0.4) is 0 Å². The van der Waals surface area contributed by atoms with Gasteiger partial charge in [0.2, 0.25) is 0 Å². The zero-order valence-corrected chi connectivity index (χ0v) is 8.36. The number of rotatable bonds is 1. The van der Waals surface area contributed by atoms with Crippen LogP contribution in [0, 0.1) is 0 Å². The zero-order valence-electron chi connectivity index (χ0n) is 6.84. The normalized spacial score (nSPS) is 10.8. The molecule has 1 aromatic heterocycles. The van der Waals surface area contributed by atoms with E-state index in [0.29, 0.717) is 10.3 Å². The molecule has 0 saturated heterocycles. The molecule has 0 radical (unpaired) electrons. The lowest BCUT2D eigenvalue weighted by molar-refractivity contribution is 0.597. The van der Waals surface area contributed by atoms with Crippen LogP contribution in [0.15, 0.2) is 16.9 Å². The Morgan fingerprint density at radius 1 is 1.25 bits per heavy atom. The largest absolute Gasteiger partial charge is 0.320 e. The quantitative estimate of drug-likeness (QED) is 0.647. The Balaban J connectivity index is 3.38. The van der Waals surface area contributed by atoms with Gasteiger partial charge in [0.25, 0.3) is 0 Å². The number of pyridine rings is 1. The van der Waals surface area contributed by atoms with Crippen molar-refractivity contribution in [2.45, 2.75) is 19.9 Å². The lowest BCUT2D eigenvalue weighted by Crippen LogP contribution is -2.09. The Hall–Kier alpha value is -0.470. The minimum Gasteiger partial charge on any atom is -0.320 e.